The maximum atomic E-state index is 11.8. The summed E-state index contributed by atoms with van der Waals surface area (Å²) >= 11 is 0. The van der Waals surface area contributed by atoms with Crippen LogP contribution in [0.3, 0.4) is 0 Å². The standard InChI is InChI=1S/C12H15N5O2/c18-12(9-1-4-13-15-9)14-11-7-10(16-17-11)8-2-5-19-6-3-8/h1,4,7-8H,2-3,5-6H2,(H,13,15)(H2,14,16,17,18). The number of nitrogens with one attached hydrogen (secondary N) is 3. The molecule has 3 N–H and O–H groups in total. The van der Waals surface area contributed by atoms with E-state index in [1.165, 1.54) is 6.20 Å². The topological polar surface area (TPSA) is 95.7 Å². The Hall–Kier alpha value is -2.15. The zero-order valence-electron chi connectivity index (χ0n) is 10.3. The molecule has 7 nitrogen and oxygen atoms in total. The fourth-order valence-electron chi connectivity index (χ4n) is 2.18. The first-order chi connectivity index (χ1) is 9.33. The molecule has 0 saturated carbocycles. The van der Waals surface area contributed by atoms with Crippen molar-refractivity contribution in [1.29, 1.82) is 0 Å². The van der Waals surface area contributed by atoms with Crippen molar-refractivity contribution in [3.05, 3.63) is 29.7 Å². The lowest BCUT2D eigenvalue weighted by molar-refractivity contribution is 0.0845. The Morgan fingerprint density at radius 3 is 2.95 bits per heavy atom. The van der Waals surface area contributed by atoms with E-state index in [1.807, 2.05) is 6.07 Å². The first-order valence-corrected chi connectivity index (χ1v) is 6.27. The quantitative estimate of drug-likeness (QED) is 0.775. The third kappa shape index (κ3) is 2.65. The van der Waals surface area contributed by atoms with E-state index in [4.69, 9.17) is 4.74 Å². The smallest absolute Gasteiger partial charge is 0.274 e. The third-order valence-corrected chi connectivity index (χ3v) is 3.25. The Kier molecular flexibility index (Phi) is 3.28. The number of carbonyl (C=O) groups excluding carboxylic acids is 1. The van der Waals surface area contributed by atoms with Gasteiger partial charge in [-0.15, -0.1) is 0 Å². The van der Waals surface area contributed by atoms with Crippen molar-refractivity contribution in [2.24, 2.45) is 0 Å². The molecule has 0 radical (unpaired) electrons. The van der Waals surface area contributed by atoms with Gasteiger partial charge in [-0.1, -0.05) is 0 Å². The number of aromatic nitrogens is 4. The normalized spacial score (nSPS) is 16.4. The van der Waals surface area contributed by atoms with Gasteiger partial charge in [0.25, 0.3) is 5.91 Å². The lowest BCUT2D eigenvalue weighted by Gasteiger charge is -2.20. The van der Waals surface area contributed by atoms with Crippen LogP contribution in [-0.2, 0) is 4.74 Å². The van der Waals surface area contributed by atoms with Gasteiger partial charge in [-0.25, -0.2) is 0 Å². The van der Waals surface area contributed by atoms with Crippen LogP contribution in [0.25, 0.3) is 0 Å². The van der Waals surface area contributed by atoms with Crippen molar-refractivity contribution in [2.75, 3.05) is 18.5 Å². The number of anilines is 1. The molecular formula is C12H15N5O2. The number of carbonyl (C=O) groups is 1. The highest BCUT2D eigenvalue weighted by Gasteiger charge is 2.18. The number of nitrogens with zero attached hydrogens (tertiary/aromatic N) is 2. The molecule has 2 aromatic rings. The Morgan fingerprint density at radius 1 is 1.37 bits per heavy atom. The van der Waals surface area contributed by atoms with E-state index < -0.39 is 0 Å². The van der Waals surface area contributed by atoms with Crippen molar-refractivity contribution in [3.63, 3.8) is 0 Å². The maximum absolute atomic E-state index is 11.8. The van der Waals surface area contributed by atoms with Gasteiger partial charge in [-0.2, -0.15) is 10.2 Å². The number of aromatic amines is 2. The number of ether oxygens (including phenoxy) is 1. The molecule has 3 heterocycles. The molecule has 1 aliphatic rings. The summed E-state index contributed by atoms with van der Waals surface area (Å²) in [7, 11) is 0. The second-order valence-corrected chi connectivity index (χ2v) is 4.52. The van der Waals surface area contributed by atoms with Gasteiger partial charge >= 0.3 is 0 Å². The molecule has 19 heavy (non-hydrogen) atoms. The first kappa shape index (κ1) is 11.9. The minimum atomic E-state index is -0.248. The van der Waals surface area contributed by atoms with Crippen LogP contribution < -0.4 is 5.32 Å². The summed E-state index contributed by atoms with van der Waals surface area (Å²) in [6.07, 6.45) is 3.50. The largest absolute Gasteiger partial charge is 0.381 e. The summed E-state index contributed by atoms with van der Waals surface area (Å²) < 4.78 is 5.33. The van der Waals surface area contributed by atoms with E-state index in [9.17, 15) is 4.79 Å². The number of H-pyrrole nitrogens is 2. The van der Waals surface area contributed by atoms with Gasteiger partial charge in [-0.05, 0) is 18.9 Å². The average molecular weight is 261 g/mol. The van der Waals surface area contributed by atoms with Crippen LogP contribution in [0.1, 0.15) is 34.9 Å². The fourth-order valence-corrected chi connectivity index (χ4v) is 2.18. The van der Waals surface area contributed by atoms with Crippen LogP contribution >= 0.6 is 0 Å². The maximum Gasteiger partial charge on any atom is 0.274 e. The van der Waals surface area contributed by atoms with Gasteiger partial charge in [0.2, 0.25) is 0 Å². The summed E-state index contributed by atoms with van der Waals surface area (Å²) in [5.74, 6) is 0.711. The van der Waals surface area contributed by atoms with Crippen molar-refractivity contribution < 1.29 is 9.53 Å². The Morgan fingerprint density at radius 2 is 2.21 bits per heavy atom. The SMILES string of the molecule is O=C(Nc1cc(C2CCOCC2)[nH]n1)c1ccn[nH]1. The second kappa shape index (κ2) is 5.23. The highest BCUT2D eigenvalue weighted by Crippen LogP contribution is 2.26. The number of hydrogen-bond donors (Lipinski definition) is 3. The average Bonchev–Trinajstić information content (AvgIpc) is 3.11. The third-order valence-electron chi connectivity index (χ3n) is 3.25. The molecule has 0 aliphatic carbocycles. The van der Waals surface area contributed by atoms with Crippen LogP contribution in [0.2, 0.25) is 0 Å². The minimum absolute atomic E-state index is 0.248. The predicted octanol–water partition coefficient (Wildman–Crippen LogP) is 1.28. The fraction of sp³-hybridized carbons (Fsp3) is 0.417. The van der Waals surface area contributed by atoms with Gasteiger partial charge < -0.3 is 10.1 Å². The molecule has 1 saturated heterocycles. The Bertz CT molecular complexity index is 542. The summed E-state index contributed by atoms with van der Waals surface area (Å²) in [6.45, 7) is 1.55. The molecule has 1 fully saturated rings. The summed E-state index contributed by atoms with van der Waals surface area (Å²) in [4.78, 5) is 11.8. The van der Waals surface area contributed by atoms with Crippen molar-refractivity contribution >= 4 is 11.7 Å². The summed E-state index contributed by atoms with van der Waals surface area (Å²) in [5.41, 5.74) is 1.46. The van der Waals surface area contributed by atoms with Gasteiger partial charge in [0.15, 0.2) is 5.82 Å². The van der Waals surface area contributed by atoms with Gasteiger partial charge in [0.1, 0.15) is 5.69 Å². The summed E-state index contributed by atoms with van der Waals surface area (Å²) in [6, 6.07) is 3.49. The molecule has 7 heteroatoms. The van der Waals surface area contributed by atoms with E-state index in [0.29, 0.717) is 17.4 Å². The number of hydrogen-bond acceptors (Lipinski definition) is 4. The van der Waals surface area contributed by atoms with Crippen LogP contribution in [0.5, 0.6) is 0 Å². The molecule has 1 aliphatic heterocycles. The summed E-state index contributed by atoms with van der Waals surface area (Å²) in [5, 5.41) is 16.2. The van der Waals surface area contributed by atoms with E-state index in [2.05, 4.69) is 25.7 Å². The molecule has 0 aromatic carbocycles. The zero-order chi connectivity index (χ0) is 13.1. The van der Waals surface area contributed by atoms with Crippen LogP contribution in [0, 0.1) is 0 Å². The Labute approximate surface area is 109 Å². The minimum Gasteiger partial charge on any atom is -0.381 e. The second-order valence-electron chi connectivity index (χ2n) is 4.52. The lowest BCUT2D eigenvalue weighted by Crippen LogP contribution is -2.14. The predicted molar refractivity (Wildman–Crippen MR) is 67.9 cm³/mol. The van der Waals surface area contributed by atoms with Crippen molar-refractivity contribution in [2.45, 2.75) is 18.8 Å². The lowest BCUT2D eigenvalue weighted by atomic mass is 9.97. The van der Waals surface area contributed by atoms with Gasteiger partial charge in [0.05, 0.1) is 0 Å². The van der Waals surface area contributed by atoms with Crippen LogP contribution in [0.4, 0.5) is 5.82 Å². The Balaban J connectivity index is 1.66. The zero-order valence-corrected chi connectivity index (χ0v) is 10.3. The molecule has 100 valence electrons. The van der Waals surface area contributed by atoms with E-state index >= 15 is 0 Å². The monoisotopic (exact) mass is 261 g/mol. The highest BCUT2D eigenvalue weighted by atomic mass is 16.5. The molecule has 0 unspecified atom stereocenters. The van der Waals surface area contributed by atoms with Gasteiger partial charge in [0, 0.05) is 37.1 Å². The molecule has 0 atom stereocenters. The van der Waals surface area contributed by atoms with Crippen molar-refractivity contribution in [3.8, 4) is 0 Å². The van der Waals surface area contributed by atoms with E-state index in [-0.39, 0.29) is 5.91 Å². The molecule has 0 bridgehead atoms. The van der Waals surface area contributed by atoms with Crippen LogP contribution in [-0.4, -0.2) is 39.5 Å². The number of amides is 1. The highest BCUT2D eigenvalue weighted by molar-refractivity contribution is 6.02. The number of rotatable bonds is 3. The van der Waals surface area contributed by atoms with E-state index in [0.717, 1.165) is 31.7 Å². The molecule has 2 aromatic heterocycles. The molecular weight excluding hydrogens is 246 g/mol. The van der Waals surface area contributed by atoms with Crippen LogP contribution in [0.15, 0.2) is 18.3 Å². The van der Waals surface area contributed by atoms with Crippen molar-refractivity contribution in [1.82, 2.24) is 20.4 Å². The van der Waals surface area contributed by atoms with E-state index in [1.54, 1.807) is 6.07 Å². The van der Waals surface area contributed by atoms with Gasteiger partial charge in [-0.3, -0.25) is 15.0 Å². The molecule has 1 amide bonds. The molecule has 3 rings (SSSR count). The molecule has 0 spiro atoms. The first-order valence-electron chi connectivity index (χ1n) is 6.27.